The molecule has 4 rings (SSSR count). The fourth-order valence-electron chi connectivity index (χ4n) is 3.56. The van der Waals surface area contributed by atoms with E-state index in [2.05, 4.69) is 4.79 Å². The smallest absolute Gasteiger partial charge is 0.389 e. The first-order valence-corrected chi connectivity index (χ1v) is 10.9. The number of carbonyl (C=O) groups is 3. The zero-order valence-electron chi connectivity index (χ0n) is 17.1. The van der Waals surface area contributed by atoms with E-state index in [1.807, 2.05) is 60.7 Å². The Bertz CT molecular complexity index is 1100. The molecule has 162 valence electrons. The van der Waals surface area contributed by atoms with E-state index in [-0.39, 0.29) is 18.0 Å². The Kier molecular flexibility index (Phi) is 6.20. The molecule has 1 saturated heterocycles. The second-order valence-corrected chi connectivity index (χ2v) is 8.23. The van der Waals surface area contributed by atoms with Crippen LogP contribution in [0.4, 0.5) is 0 Å². The number of nitrogens with zero attached hydrogens (tertiary/aromatic N) is 3. The molecule has 0 radical (unpaired) electrons. The van der Waals surface area contributed by atoms with Crippen LogP contribution in [-0.4, -0.2) is 51.0 Å². The molecule has 2 aliphatic heterocycles. The second-order valence-electron chi connectivity index (χ2n) is 7.16. The summed E-state index contributed by atoms with van der Waals surface area (Å²) in [6, 6.07) is 18.5. The van der Waals surface area contributed by atoms with Gasteiger partial charge in [0.15, 0.2) is 11.5 Å². The molecule has 2 aliphatic rings. The van der Waals surface area contributed by atoms with Crippen molar-refractivity contribution in [2.24, 2.45) is 0 Å². The van der Waals surface area contributed by atoms with Gasteiger partial charge in [0.2, 0.25) is 0 Å². The molecule has 0 spiro atoms. The monoisotopic (exact) mass is 449 g/mol. The third-order valence-electron chi connectivity index (χ3n) is 5.08. The first kappa shape index (κ1) is 21.5. The van der Waals surface area contributed by atoms with Crippen molar-refractivity contribution in [3.05, 3.63) is 88.6 Å². The Morgan fingerprint density at radius 3 is 2.25 bits per heavy atom. The van der Waals surface area contributed by atoms with Crippen LogP contribution in [0.2, 0.25) is 0 Å². The van der Waals surface area contributed by atoms with Crippen LogP contribution in [0, 0.1) is 0 Å². The summed E-state index contributed by atoms with van der Waals surface area (Å²) in [5.74, 6) is -1.50. The molecule has 0 bridgehead atoms. The molecule has 1 amide bonds. The van der Waals surface area contributed by atoms with Gasteiger partial charge in [0.05, 0.1) is 0 Å². The zero-order valence-corrected chi connectivity index (χ0v) is 18.0. The van der Waals surface area contributed by atoms with Gasteiger partial charge < -0.3 is 15.0 Å². The van der Waals surface area contributed by atoms with Crippen LogP contribution in [0.3, 0.4) is 0 Å². The van der Waals surface area contributed by atoms with Crippen molar-refractivity contribution in [2.45, 2.75) is 18.4 Å². The Hall–Kier alpha value is -3.68. The van der Waals surface area contributed by atoms with E-state index in [0.717, 1.165) is 11.1 Å². The standard InChI is InChI=1S/C23H19N3O5S/c1-14(27)30-12-17-13-32-22-18(25-24)21(28)26(22)19(17)23(29)31-20(15-8-4-2-5-9-15)16-10-6-3-7-11-16/h2-11,20,22H,12-13H2,1H3/t22-/m1/s1. The molecule has 2 aromatic carbocycles. The first-order valence-electron chi connectivity index (χ1n) is 9.84. The average Bonchev–Trinajstić information content (AvgIpc) is 2.81. The van der Waals surface area contributed by atoms with Gasteiger partial charge in [-0.1, -0.05) is 60.7 Å². The summed E-state index contributed by atoms with van der Waals surface area (Å²) in [5, 5.41) is -0.594. The molecular formula is C23H19N3O5S. The van der Waals surface area contributed by atoms with E-state index in [1.165, 1.54) is 23.6 Å². The highest BCUT2D eigenvalue weighted by Crippen LogP contribution is 2.39. The Balaban J connectivity index is 1.70. The summed E-state index contributed by atoms with van der Waals surface area (Å²) in [4.78, 5) is 41.6. The third kappa shape index (κ3) is 4.08. The van der Waals surface area contributed by atoms with Crippen molar-refractivity contribution in [3.8, 4) is 0 Å². The van der Waals surface area contributed by atoms with Crippen LogP contribution < -0.4 is 0 Å². The summed E-state index contributed by atoms with van der Waals surface area (Å²) >= 11 is 1.30. The SMILES string of the molecule is CC(=O)OCC1=C(C(=O)OC(c2ccccc2)c2ccccc2)N2C(=O)C(=[N+]=[N-])[C@H]2SC1. The fraction of sp³-hybridized carbons (Fsp3) is 0.217. The van der Waals surface area contributed by atoms with Crippen LogP contribution in [0.15, 0.2) is 71.9 Å². The normalized spacial score (nSPS) is 17.4. The van der Waals surface area contributed by atoms with E-state index >= 15 is 0 Å². The van der Waals surface area contributed by atoms with Crippen LogP contribution in [0.1, 0.15) is 24.2 Å². The topological polar surface area (TPSA) is 109 Å². The number of esters is 2. The van der Waals surface area contributed by atoms with Gasteiger partial charge in [-0.2, -0.15) is 4.79 Å². The number of carbonyl (C=O) groups excluding carboxylic acids is 3. The van der Waals surface area contributed by atoms with E-state index < -0.39 is 29.3 Å². The number of benzene rings is 2. The Morgan fingerprint density at radius 1 is 1.12 bits per heavy atom. The lowest BCUT2D eigenvalue weighted by Crippen LogP contribution is -2.63. The molecule has 2 aromatic rings. The highest BCUT2D eigenvalue weighted by Gasteiger charge is 2.58. The summed E-state index contributed by atoms with van der Waals surface area (Å²) in [6.07, 6.45) is -0.706. The highest BCUT2D eigenvalue weighted by atomic mass is 32.2. The molecule has 1 atom stereocenters. The lowest BCUT2D eigenvalue weighted by Gasteiger charge is -2.40. The molecule has 0 aromatic heterocycles. The molecule has 0 N–H and O–H groups in total. The number of ether oxygens (including phenoxy) is 2. The van der Waals surface area contributed by atoms with E-state index in [9.17, 15) is 14.4 Å². The maximum atomic E-state index is 13.4. The molecule has 2 heterocycles. The van der Waals surface area contributed by atoms with E-state index in [4.69, 9.17) is 15.0 Å². The summed E-state index contributed by atoms with van der Waals surface area (Å²) < 4.78 is 11.0. The van der Waals surface area contributed by atoms with Crippen LogP contribution >= 0.6 is 11.8 Å². The van der Waals surface area contributed by atoms with Gasteiger partial charge in [-0.05, 0) is 11.1 Å². The van der Waals surface area contributed by atoms with Crippen LogP contribution in [0.5, 0.6) is 0 Å². The summed E-state index contributed by atoms with van der Waals surface area (Å²) in [7, 11) is 0. The van der Waals surface area contributed by atoms with Crippen molar-refractivity contribution in [1.82, 2.24) is 4.90 Å². The van der Waals surface area contributed by atoms with Gasteiger partial charge >= 0.3 is 23.6 Å². The predicted molar refractivity (Wildman–Crippen MR) is 116 cm³/mol. The maximum Gasteiger partial charge on any atom is 0.389 e. The molecule has 1 fully saturated rings. The van der Waals surface area contributed by atoms with E-state index in [0.29, 0.717) is 11.3 Å². The van der Waals surface area contributed by atoms with Gasteiger partial charge in [0.1, 0.15) is 12.3 Å². The van der Waals surface area contributed by atoms with Gasteiger partial charge in [-0.25, -0.2) is 4.79 Å². The van der Waals surface area contributed by atoms with Crippen molar-refractivity contribution >= 4 is 35.3 Å². The lowest BCUT2D eigenvalue weighted by atomic mass is 10.0. The van der Waals surface area contributed by atoms with Crippen LogP contribution in [0.25, 0.3) is 5.53 Å². The maximum absolute atomic E-state index is 13.4. The quantitative estimate of drug-likeness (QED) is 0.290. The molecule has 8 nitrogen and oxygen atoms in total. The van der Waals surface area contributed by atoms with Crippen molar-refractivity contribution < 1.29 is 28.6 Å². The number of hydrogen-bond acceptors (Lipinski definition) is 6. The average molecular weight is 449 g/mol. The third-order valence-corrected chi connectivity index (χ3v) is 6.34. The van der Waals surface area contributed by atoms with Crippen molar-refractivity contribution in [3.63, 3.8) is 0 Å². The number of rotatable bonds is 6. The molecule has 0 unspecified atom stereocenters. The fourth-order valence-corrected chi connectivity index (χ4v) is 4.80. The molecule has 9 heteroatoms. The first-order chi connectivity index (χ1) is 15.5. The van der Waals surface area contributed by atoms with E-state index in [1.54, 1.807) is 0 Å². The zero-order chi connectivity index (χ0) is 22.7. The summed E-state index contributed by atoms with van der Waals surface area (Å²) in [6.45, 7) is 1.12. The van der Waals surface area contributed by atoms with Crippen molar-refractivity contribution in [1.29, 1.82) is 0 Å². The Morgan fingerprint density at radius 2 is 1.72 bits per heavy atom. The second kappa shape index (κ2) is 9.21. The molecule has 0 aliphatic carbocycles. The predicted octanol–water partition coefficient (Wildman–Crippen LogP) is 2.72. The number of hydrogen-bond donors (Lipinski definition) is 0. The minimum Gasteiger partial charge on any atom is -0.461 e. The molecule has 0 saturated carbocycles. The summed E-state index contributed by atoms with van der Waals surface area (Å²) in [5.41, 5.74) is 11.1. The number of β-lactam (4-membered cyclic amide) rings is 1. The van der Waals surface area contributed by atoms with Gasteiger partial charge in [0, 0.05) is 18.2 Å². The minimum absolute atomic E-state index is 0.0178. The van der Waals surface area contributed by atoms with Crippen LogP contribution in [-0.2, 0) is 23.9 Å². The van der Waals surface area contributed by atoms with Gasteiger partial charge in [0.25, 0.3) is 0 Å². The molecule has 32 heavy (non-hydrogen) atoms. The highest BCUT2D eigenvalue weighted by molar-refractivity contribution is 8.01. The van der Waals surface area contributed by atoms with Crippen molar-refractivity contribution in [2.75, 3.05) is 12.4 Å². The lowest BCUT2D eigenvalue weighted by molar-refractivity contribution is -0.150. The minimum atomic E-state index is -0.722. The number of amides is 1. The number of fused-ring (bicyclic) bond motifs is 1. The molecular weight excluding hydrogens is 430 g/mol. The largest absolute Gasteiger partial charge is 0.461 e. The van der Waals surface area contributed by atoms with Gasteiger partial charge in [-0.15, -0.1) is 11.8 Å². The number of thioether (sulfide) groups is 1. The van der Waals surface area contributed by atoms with Gasteiger partial charge in [-0.3, -0.25) is 14.5 Å². The Labute approximate surface area is 188 Å².